The quantitative estimate of drug-likeness (QED) is 0.703. The predicted octanol–water partition coefficient (Wildman–Crippen LogP) is 2.85. The average Bonchev–Trinajstić information content (AvgIpc) is 2.59. The summed E-state index contributed by atoms with van der Waals surface area (Å²) in [5.41, 5.74) is 0. The van der Waals surface area contributed by atoms with Gasteiger partial charge >= 0.3 is 0 Å². The molecule has 1 aromatic heterocycles. The fourth-order valence-electron chi connectivity index (χ4n) is 1.59. The number of thiazole rings is 1. The molecule has 2 rings (SSSR count). The van der Waals surface area contributed by atoms with Crippen molar-refractivity contribution in [1.29, 1.82) is 0 Å². The van der Waals surface area contributed by atoms with Crippen LogP contribution in [0.15, 0.2) is 11.6 Å². The van der Waals surface area contributed by atoms with Crippen LogP contribution in [0.3, 0.4) is 0 Å². The first-order valence-electron chi connectivity index (χ1n) is 4.51. The van der Waals surface area contributed by atoms with Gasteiger partial charge in [0, 0.05) is 11.6 Å². The van der Waals surface area contributed by atoms with Gasteiger partial charge in [-0.2, -0.15) is 0 Å². The first-order chi connectivity index (χ1) is 5.95. The van der Waals surface area contributed by atoms with Crippen LogP contribution in [0.4, 0.5) is 0 Å². The highest BCUT2D eigenvalue weighted by Crippen LogP contribution is 2.24. The molecule has 3 heteroatoms. The maximum absolute atomic E-state index is 5.70. The van der Waals surface area contributed by atoms with Gasteiger partial charge in [-0.15, -0.1) is 0 Å². The Morgan fingerprint density at radius 1 is 1.33 bits per heavy atom. The smallest absolute Gasteiger partial charge is 0.273 e. The van der Waals surface area contributed by atoms with E-state index in [1.807, 2.05) is 5.38 Å². The molecule has 66 valence electrons. The molecular weight excluding hydrogens is 170 g/mol. The largest absolute Gasteiger partial charge is 0.467 e. The summed E-state index contributed by atoms with van der Waals surface area (Å²) in [6.07, 6.45) is 8.65. The second kappa shape index (κ2) is 3.90. The number of rotatable bonds is 2. The van der Waals surface area contributed by atoms with E-state index in [1.165, 1.54) is 32.1 Å². The van der Waals surface area contributed by atoms with Crippen molar-refractivity contribution in [3.63, 3.8) is 0 Å². The molecule has 1 fully saturated rings. The van der Waals surface area contributed by atoms with Crippen molar-refractivity contribution in [3.8, 4) is 5.19 Å². The Labute approximate surface area is 76.6 Å². The molecular formula is C9H13NOS. The topological polar surface area (TPSA) is 22.1 Å². The van der Waals surface area contributed by atoms with Crippen molar-refractivity contribution >= 4 is 11.3 Å². The van der Waals surface area contributed by atoms with Crippen LogP contribution in [0.5, 0.6) is 5.19 Å². The molecule has 2 nitrogen and oxygen atoms in total. The van der Waals surface area contributed by atoms with Gasteiger partial charge in [0.25, 0.3) is 5.19 Å². The van der Waals surface area contributed by atoms with Crippen LogP contribution >= 0.6 is 11.3 Å². The Balaban J connectivity index is 1.86. The normalized spacial score (nSPS) is 19.3. The lowest BCUT2D eigenvalue weighted by atomic mass is 9.98. The highest BCUT2D eigenvalue weighted by molar-refractivity contribution is 7.11. The third-order valence-corrected chi connectivity index (χ3v) is 2.89. The van der Waals surface area contributed by atoms with Gasteiger partial charge in [-0.1, -0.05) is 17.8 Å². The molecule has 1 aliphatic carbocycles. The number of nitrogens with zero attached hydrogens (tertiary/aromatic N) is 1. The minimum atomic E-state index is 0.435. The molecule has 0 bridgehead atoms. The van der Waals surface area contributed by atoms with E-state index in [4.69, 9.17) is 4.74 Å². The highest BCUT2D eigenvalue weighted by Gasteiger charge is 2.15. The van der Waals surface area contributed by atoms with Crippen LogP contribution in [0.1, 0.15) is 32.1 Å². The van der Waals surface area contributed by atoms with Crippen molar-refractivity contribution in [2.45, 2.75) is 38.2 Å². The van der Waals surface area contributed by atoms with Gasteiger partial charge in [0.1, 0.15) is 6.10 Å². The highest BCUT2D eigenvalue weighted by atomic mass is 32.1. The molecule has 12 heavy (non-hydrogen) atoms. The van der Waals surface area contributed by atoms with Gasteiger partial charge in [0.2, 0.25) is 0 Å². The van der Waals surface area contributed by atoms with Crippen LogP contribution in [0.25, 0.3) is 0 Å². The Kier molecular flexibility index (Phi) is 2.61. The maximum atomic E-state index is 5.70. The first-order valence-corrected chi connectivity index (χ1v) is 5.39. The van der Waals surface area contributed by atoms with Crippen LogP contribution in [0, 0.1) is 0 Å². The summed E-state index contributed by atoms with van der Waals surface area (Å²) >= 11 is 1.58. The van der Waals surface area contributed by atoms with Gasteiger partial charge < -0.3 is 4.74 Å². The molecule has 1 saturated carbocycles. The number of hydrogen-bond acceptors (Lipinski definition) is 3. The minimum absolute atomic E-state index is 0.435. The second-order valence-corrected chi connectivity index (χ2v) is 4.03. The summed E-state index contributed by atoms with van der Waals surface area (Å²) in [6, 6.07) is 0. The number of aromatic nitrogens is 1. The zero-order chi connectivity index (χ0) is 8.23. The molecule has 1 aliphatic rings. The standard InChI is InChI=1S/C9H13NOS/c1-2-4-8(5-3-1)11-9-10-6-7-12-9/h6-8H,1-5H2. The van der Waals surface area contributed by atoms with E-state index in [2.05, 4.69) is 4.98 Å². The SMILES string of the molecule is c1csc(OC2CCCCC2)n1. The Morgan fingerprint density at radius 2 is 2.17 bits per heavy atom. The van der Waals surface area contributed by atoms with E-state index < -0.39 is 0 Å². The zero-order valence-corrected chi connectivity index (χ0v) is 7.85. The van der Waals surface area contributed by atoms with E-state index >= 15 is 0 Å². The Hall–Kier alpha value is -0.570. The number of hydrogen-bond donors (Lipinski definition) is 0. The van der Waals surface area contributed by atoms with Crippen molar-refractivity contribution in [1.82, 2.24) is 4.98 Å². The fraction of sp³-hybridized carbons (Fsp3) is 0.667. The first kappa shape index (κ1) is 8.05. The molecule has 0 saturated heterocycles. The second-order valence-electron chi connectivity index (χ2n) is 3.18. The van der Waals surface area contributed by atoms with Crippen LogP contribution in [-0.2, 0) is 0 Å². The van der Waals surface area contributed by atoms with E-state index in [0.29, 0.717) is 6.10 Å². The summed E-state index contributed by atoms with van der Waals surface area (Å²) < 4.78 is 5.70. The van der Waals surface area contributed by atoms with Gasteiger partial charge in [0.15, 0.2) is 0 Å². The molecule has 0 radical (unpaired) electrons. The van der Waals surface area contributed by atoms with E-state index in [-0.39, 0.29) is 0 Å². The third kappa shape index (κ3) is 1.97. The van der Waals surface area contributed by atoms with Crippen LogP contribution < -0.4 is 4.74 Å². The lowest BCUT2D eigenvalue weighted by molar-refractivity contribution is 0.154. The van der Waals surface area contributed by atoms with Crippen molar-refractivity contribution in [3.05, 3.63) is 11.6 Å². The van der Waals surface area contributed by atoms with E-state index in [1.54, 1.807) is 17.5 Å². The van der Waals surface area contributed by atoms with Gasteiger partial charge in [-0.05, 0) is 25.7 Å². The fourth-order valence-corrected chi connectivity index (χ4v) is 2.15. The minimum Gasteiger partial charge on any atom is -0.467 e. The summed E-state index contributed by atoms with van der Waals surface area (Å²) in [5, 5.41) is 2.79. The predicted molar refractivity (Wildman–Crippen MR) is 49.6 cm³/mol. The lowest BCUT2D eigenvalue weighted by Gasteiger charge is -2.21. The molecule has 0 amide bonds. The molecule has 1 heterocycles. The number of ether oxygens (including phenoxy) is 1. The third-order valence-electron chi connectivity index (χ3n) is 2.23. The van der Waals surface area contributed by atoms with Crippen LogP contribution in [0.2, 0.25) is 0 Å². The average molecular weight is 183 g/mol. The maximum Gasteiger partial charge on any atom is 0.273 e. The summed E-state index contributed by atoms with van der Waals surface area (Å²) in [4.78, 5) is 4.11. The van der Waals surface area contributed by atoms with E-state index in [0.717, 1.165) is 5.19 Å². The lowest BCUT2D eigenvalue weighted by Crippen LogP contribution is -2.19. The molecule has 0 spiro atoms. The summed E-state index contributed by atoms with van der Waals surface area (Å²) in [5.74, 6) is 0. The molecule has 1 aromatic rings. The zero-order valence-electron chi connectivity index (χ0n) is 7.03. The van der Waals surface area contributed by atoms with Crippen molar-refractivity contribution in [2.24, 2.45) is 0 Å². The summed E-state index contributed by atoms with van der Waals surface area (Å²) in [6.45, 7) is 0. The Morgan fingerprint density at radius 3 is 2.83 bits per heavy atom. The monoisotopic (exact) mass is 183 g/mol. The van der Waals surface area contributed by atoms with Gasteiger partial charge in [-0.25, -0.2) is 4.98 Å². The molecule has 0 atom stereocenters. The molecule has 0 aliphatic heterocycles. The van der Waals surface area contributed by atoms with Gasteiger partial charge in [0.05, 0.1) is 0 Å². The molecule has 0 aromatic carbocycles. The van der Waals surface area contributed by atoms with E-state index in [9.17, 15) is 0 Å². The summed E-state index contributed by atoms with van der Waals surface area (Å²) in [7, 11) is 0. The Bertz CT molecular complexity index is 216. The van der Waals surface area contributed by atoms with Gasteiger partial charge in [-0.3, -0.25) is 0 Å². The molecule has 0 unspecified atom stereocenters. The van der Waals surface area contributed by atoms with Crippen LogP contribution in [-0.4, -0.2) is 11.1 Å². The van der Waals surface area contributed by atoms with Crippen molar-refractivity contribution in [2.75, 3.05) is 0 Å². The van der Waals surface area contributed by atoms with Crippen molar-refractivity contribution < 1.29 is 4.74 Å². The molecule has 0 N–H and O–H groups in total.